The number of methoxy groups -OCH3 is 1. The fourth-order valence-electron chi connectivity index (χ4n) is 3.09. The molecule has 150 valence electrons. The van der Waals surface area contributed by atoms with Crippen molar-refractivity contribution in [3.63, 3.8) is 0 Å². The minimum absolute atomic E-state index is 0.327. The molecule has 0 aliphatic rings. The Kier molecular flexibility index (Phi) is 5.48. The summed E-state index contributed by atoms with van der Waals surface area (Å²) in [4.78, 5) is 34.6. The predicted molar refractivity (Wildman–Crippen MR) is 118 cm³/mol. The summed E-state index contributed by atoms with van der Waals surface area (Å²) in [6.07, 6.45) is 1.67. The summed E-state index contributed by atoms with van der Waals surface area (Å²) in [5.74, 6) is -0.874. The van der Waals surface area contributed by atoms with Gasteiger partial charge in [0, 0.05) is 16.6 Å². The fraction of sp³-hybridized carbons (Fsp3) is 0.0909. The van der Waals surface area contributed by atoms with Crippen LogP contribution in [0.15, 0.2) is 54.0 Å². The van der Waals surface area contributed by atoms with Gasteiger partial charge in [0.25, 0.3) is 5.91 Å². The summed E-state index contributed by atoms with van der Waals surface area (Å²) in [7, 11) is 1.30. The number of hydrogen-bond acceptors (Lipinski definition) is 6. The molecule has 3 aromatic heterocycles. The fourth-order valence-corrected chi connectivity index (χ4v) is 4.00. The molecule has 0 spiro atoms. The Morgan fingerprint density at radius 3 is 2.70 bits per heavy atom. The minimum atomic E-state index is -0.503. The molecular weight excluding hydrogens is 422 g/mol. The predicted octanol–water partition coefficient (Wildman–Crippen LogP) is 5.36. The van der Waals surface area contributed by atoms with E-state index >= 15 is 0 Å². The Bertz CT molecular complexity index is 1270. The Morgan fingerprint density at radius 2 is 1.97 bits per heavy atom. The molecule has 4 aromatic rings. The number of hydrogen-bond donors (Lipinski definition) is 1. The van der Waals surface area contributed by atoms with E-state index in [4.69, 9.17) is 21.3 Å². The van der Waals surface area contributed by atoms with Crippen molar-refractivity contribution in [2.45, 2.75) is 6.92 Å². The first kappa shape index (κ1) is 20.0. The highest BCUT2D eigenvalue weighted by molar-refractivity contribution is 7.12. The number of nitrogens with one attached hydrogen (secondary N) is 1. The molecule has 4 rings (SSSR count). The zero-order chi connectivity index (χ0) is 21.3. The molecule has 0 radical (unpaired) electrons. The van der Waals surface area contributed by atoms with E-state index in [2.05, 4.69) is 10.3 Å². The highest BCUT2D eigenvalue weighted by Gasteiger charge is 2.20. The third-order valence-corrected chi connectivity index (χ3v) is 5.93. The first-order valence-corrected chi connectivity index (χ1v) is 10.2. The molecule has 0 saturated carbocycles. The van der Waals surface area contributed by atoms with E-state index in [0.717, 1.165) is 5.56 Å². The van der Waals surface area contributed by atoms with Crippen molar-refractivity contribution in [1.29, 1.82) is 0 Å². The van der Waals surface area contributed by atoms with E-state index in [9.17, 15) is 9.59 Å². The molecule has 1 N–H and O–H groups in total. The zero-order valence-corrected chi connectivity index (χ0v) is 17.7. The lowest BCUT2D eigenvalue weighted by Gasteiger charge is -2.12. The second-order valence-corrected chi connectivity index (χ2v) is 7.77. The van der Waals surface area contributed by atoms with Crippen molar-refractivity contribution in [2.24, 2.45) is 0 Å². The first-order chi connectivity index (χ1) is 14.5. The van der Waals surface area contributed by atoms with Crippen molar-refractivity contribution in [3.8, 4) is 11.4 Å². The summed E-state index contributed by atoms with van der Waals surface area (Å²) in [5.41, 5.74) is 3.38. The topological polar surface area (TPSA) is 81.2 Å². The van der Waals surface area contributed by atoms with Gasteiger partial charge >= 0.3 is 5.97 Å². The van der Waals surface area contributed by atoms with E-state index in [0.29, 0.717) is 43.4 Å². The summed E-state index contributed by atoms with van der Waals surface area (Å²) in [5, 5.41) is 5.75. The standard InChI is InChI=1S/C22H16ClN3O3S/c1-12-15(23)7-6-13-14(11-18(25-19(12)13)16-5-3-4-9-24-16)21(27)26-17-8-10-30-20(17)22(28)29-2/h3-11H,1-2H3,(H,26,27). The average molecular weight is 438 g/mol. The largest absolute Gasteiger partial charge is 0.465 e. The number of carbonyl (C=O) groups is 2. The van der Waals surface area contributed by atoms with Crippen LogP contribution in [0, 0.1) is 6.92 Å². The number of aryl methyl sites for hydroxylation is 1. The summed E-state index contributed by atoms with van der Waals surface area (Å²) < 4.78 is 4.79. The van der Waals surface area contributed by atoms with Crippen LogP contribution in [-0.2, 0) is 4.74 Å². The third kappa shape index (κ3) is 3.65. The number of thiophene rings is 1. The molecule has 3 heterocycles. The van der Waals surface area contributed by atoms with E-state index in [1.54, 1.807) is 35.8 Å². The van der Waals surface area contributed by atoms with E-state index in [1.165, 1.54) is 18.4 Å². The summed E-state index contributed by atoms with van der Waals surface area (Å²) >= 11 is 7.50. The molecule has 8 heteroatoms. The molecule has 0 fully saturated rings. The second-order valence-electron chi connectivity index (χ2n) is 6.45. The zero-order valence-electron chi connectivity index (χ0n) is 16.1. The van der Waals surface area contributed by atoms with Crippen LogP contribution < -0.4 is 5.32 Å². The maximum Gasteiger partial charge on any atom is 0.350 e. The number of aromatic nitrogens is 2. The Hall–Kier alpha value is -3.29. The van der Waals surface area contributed by atoms with Crippen LogP contribution in [0.3, 0.4) is 0 Å². The molecule has 0 bridgehead atoms. The van der Waals surface area contributed by atoms with Crippen molar-refractivity contribution >= 4 is 51.4 Å². The lowest BCUT2D eigenvalue weighted by Crippen LogP contribution is -2.15. The monoisotopic (exact) mass is 437 g/mol. The molecule has 1 aromatic carbocycles. The quantitative estimate of drug-likeness (QED) is 0.435. The molecule has 6 nitrogen and oxygen atoms in total. The highest BCUT2D eigenvalue weighted by atomic mass is 35.5. The van der Waals surface area contributed by atoms with Gasteiger partial charge < -0.3 is 10.1 Å². The lowest BCUT2D eigenvalue weighted by molar-refractivity contribution is 0.0607. The maximum absolute atomic E-state index is 13.2. The number of esters is 1. The van der Waals surface area contributed by atoms with Crippen LogP contribution in [0.25, 0.3) is 22.3 Å². The Balaban J connectivity index is 1.85. The third-order valence-electron chi connectivity index (χ3n) is 4.62. The average Bonchev–Trinajstić information content (AvgIpc) is 3.23. The number of fused-ring (bicyclic) bond motifs is 1. The van der Waals surface area contributed by atoms with Crippen molar-refractivity contribution in [2.75, 3.05) is 12.4 Å². The number of rotatable bonds is 4. The number of ether oxygens (including phenoxy) is 1. The van der Waals surface area contributed by atoms with Crippen LogP contribution >= 0.6 is 22.9 Å². The van der Waals surface area contributed by atoms with Crippen molar-refractivity contribution < 1.29 is 14.3 Å². The van der Waals surface area contributed by atoms with Gasteiger partial charge in [-0.05, 0) is 48.2 Å². The Morgan fingerprint density at radius 1 is 1.13 bits per heavy atom. The van der Waals surface area contributed by atoms with Gasteiger partial charge in [0.05, 0.1) is 35.3 Å². The number of amides is 1. The van der Waals surface area contributed by atoms with Crippen LogP contribution in [0.4, 0.5) is 5.69 Å². The summed E-state index contributed by atoms with van der Waals surface area (Å²) in [6, 6.07) is 12.4. The van der Waals surface area contributed by atoms with Crippen LogP contribution in [0.1, 0.15) is 25.6 Å². The van der Waals surface area contributed by atoms with E-state index in [-0.39, 0.29) is 5.91 Å². The molecule has 30 heavy (non-hydrogen) atoms. The van der Waals surface area contributed by atoms with Crippen molar-refractivity contribution in [1.82, 2.24) is 9.97 Å². The van der Waals surface area contributed by atoms with Gasteiger partial charge in [0.1, 0.15) is 4.88 Å². The molecule has 1 amide bonds. The van der Waals surface area contributed by atoms with Crippen LogP contribution in [0.5, 0.6) is 0 Å². The van der Waals surface area contributed by atoms with Crippen molar-refractivity contribution in [3.05, 3.63) is 75.1 Å². The van der Waals surface area contributed by atoms with Gasteiger partial charge in [-0.25, -0.2) is 9.78 Å². The number of pyridine rings is 2. The number of nitrogens with zero attached hydrogens (tertiary/aromatic N) is 2. The molecule has 0 aliphatic heterocycles. The smallest absolute Gasteiger partial charge is 0.350 e. The summed E-state index contributed by atoms with van der Waals surface area (Å²) in [6.45, 7) is 1.86. The lowest BCUT2D eigenvalue weighted by atomic mass is 10.0. The Labute approximate surface area is 181 Å². The normalized spacial score (nSPS) is 10.8. The number of anilines is 1. The highest BCUT2D eigenvalue weighted by Crippen LogP contribution is 2.31. The van der Waals surface area contributed by atoms with Crippen LogP contribution in [0.2, 0.25) is 5.02 Å². The van der Waals surface area contributed by atoms with Gasteiger partial charge in [-0.2, -0.15) is 0 Å². The second kappa shape index (κ2) is 8.22. The SMILES string of the molecule is COC(=O)c1sccc1NC(=O)c1cc(-c2ccccn2)nc2c(C)c(Cl)ccc12. The van der Waals surface area contributed by atoms with Gasteiger partial charge in [0.15, 0.2) is 0 Å². The number of halogens is 1. The molecule has 0 atom stereocenters. The minimum Gasteiger partial charge on any atom is -0.465 e. The van der Waals surface area contributed by atoms with Gasteiger partial charge in [-0.15, -0.1) is 11.3 Å². The number of carbonyl (C=O) groups excluding carboxylic acids is 2. The van der Waals surface area contributed by atoms with Gasteiger partial charge in [-0.1, -0.05) is 23.7 Å². The van der Waals surface area contributed by atoms with Crippen LogP contribution in [-0.4, -0.2) is 29.0 Å². The van der Waals surface area contributed by atoms with E-state index in [1.807, 2.05) is 25.1 Å². The first-order valence-electron chi connectivity index (χ1n) is 8.98. The van der Waals surface area contributed by atoms with E-state index < -0.39 is 5.97 Å². The number of benzene rings is 1. The molecule has 0 saturated heterocycles. The maximum atomic E-state index is 13.2. The van der Waals surface area contributed by atoms with Gasteiger partial charge in [-0.3, -0.25) is 9.78 Å². The molecule has 0 unspecified atom stereocenters. The molecule has 0 aliphatic carbocycles. The molecular formula is C22H16ClN3O3S. The van der Waals surface area contributed by atoms with Gasteiger partial charge in [0.2, 0.25) is 0 Å².